The van der Waals surface area contributed by atoms with Crippen molar-refractivity contribution < 1.29 is 35.4 Å². The van der Waals surface area contributed by atoms with Gasteiger partial charge in [-0.2, -0.15) is 0 Å². The highest BCUT2D eigenvalue weighted by atomic mass is 28.5. The molecule has 4 unspecified atom stereocenters. The SMILES string of the molecule is CCOC(C)[Si]1(C2CCCC2)O[Si](C2CCCC2)(C(C)OCC)O[Si](C2CCCC2)(C(C)OCC)O[Si](C2CCCC2)(C(C)OCC)O1. The van der Waals surface area contributed by atoms with E-state index in [1.54, 1.807) is 0 Å². The Kier molecular flexibility index (Phi) is 14.6. The standard InChI is InChI=1S/C36H72O8Si4/c1-9-37-29(5)45(33-21-13-14-22-33)41-46(30(6)38-10-2,34-23-15-16-24-34)43-48(32(8)40-12-4,36-27-19-20-28-36)44-47(42-45,31(7)39-11-3)35-25-17-18-26-35/h29-36H,9-28H2,1-8H3. The molecule has 0 N–H and O–H groups in total. The van der Waals surface area contributed by atoms with Crippen LogP contribution < -0.4 is 0 Å². The zero-order valence-corrected chi connectivity index (χ0v) is 36.0. The molecule has 0 bridgehead atoms. The lowest BCUT2D eigenvalue weighted by atomic mass is 10.4. The summed E-state index contributed by atoms with van der Waals surface area (Å²) in [6.07, 6.45) is 18.7. The third-order valence-electron chi connectivity index (χ3n) is 12.9. The van der Waals surface area contributed by atoms with E-state index in [9.17, 15) is 0 Å². The molecule has 1 aliphatic heterocycles. The van der Waals surface area contributed by atoms with Crippen molar-refractivity contribution in [1.82, 2.24) is 0 Å². The van der Waals surface area contributed by atoms with E-state index < -0.39 is 34.2 Å². The highest BCUT2D eigenvalue weighted by Crippen LogP contribution is 2.58. The molecule has 8 nitrogen and oxygen atoms in total. The van der Waals surface area contributed by atoms with Gasteiger partial charge in [-0.25, -0.2) is 0 Å². The fraction of sp³-hybridized carbons (Fsp3) is 1.00. The molecule has 12 heteroatoms. The van der Waals surface area contributed by atoms with Gasteiger partial charge in [0.2, 0.25) is 0 Å². The molecule has 5 fully saturated rings. The molecule has 4 atom stereocenters. The lowest BCUT2D eigenvalue weighted by Gasteiger charge is -2.61. The first-order chi connectivity index (χ1) is 23.2. The fourth-order valence-electron chi connectivity index (χ4n) is 10.5. The van der Waals surface area contributed by atoms with Crippen LogP contribution in [0, 0.1) is 0 Å². The second-order valence-electron chi connectivity index (χ2n) is 15.6. The molecule has 0 spiro atoms. The van der Waals surface area contributed by atoms with Gasteiger partial charge in [-0.15, -0.1) is 0 Å². The van der Waals surface area contributed by atoms with Crippen LogP contribution in [0.3, 0.4) is 0 Å². The predicted molar refractivity (Wildman–Crippen MR) is 201 cm³/mol. The maximum Gasteiger partial charge on any atom is 0.353 e. The van der Waals surface area contributed by atoms with Gasteiger partial charge in [0.1, 0.15) is 0 Å². The predicted octanol–water partition coefficient (Wildman–Crippen LogP) is 9.47. The van der Waals surface area contributed by atoms with Gasteiger partial charge in [0.25, 0.3) is 0 Å². The molecule has 48 heavy (non-hydrogen) atoms. The Morgan fingerprint density at radius 3 is 0.688 bits per heavy atom. The third kappa shape index (κ3) is 7.62. The molecule has 0 aromatic heterocycles. The first kappa shape index (κ1) is 39.7. The van der Waals surface area contributed by atoms with Gasteiger partial charge in [0, 0.05) is 48.6 Å². The summed E-state index contributed by atoms with van der Waals surface area (Å²) in [5, 5.41) is 0. The van der Waals surface area contributed by atoms with Gasteiger partial charge in [-0.1, -0.05) is 51.4 Å². The zero-order chi connectivity index (χ0) is 34.4. The molecule has 4 aliphatic carbocycles. The summed E-state index contributed by atoms with van der Waals surface area (Å²) in [4.78, 5) is 0. The van der Waals surface area contributed by atoms with E-state index >= 15 is 0 Å². The number of hydrogen-bond donors (Lipinski definition) is 0. The minimum Gasteiger partial charge on any atom is -0.412 e. The first-order valence-electron chi connectivity index (χ1n) is 20.4. The molecule has 1 saturated heterocycles. The van der Waals surface area contributed by atoms with E-state index in [0.29, 0.717) is 48.6 Å². The molecule has 0 aromatic rings. The van der Waals surface area contributed by atoms with Crippen molar-refractivity contribution in [2.75, 3.05) is 26.4 Å². The largest absolute Gasteiger partial charge is 0.412 e. The van der Waals surface area contributed by atoms with E-state index in [4.69, 9.17) is 35.4 Å². The van der Waals surface area contributed by atoms with E-state index in [2.05, 4.69) is 55.4 Å². The molecule has 0 aromatic carbocycles. The highest BCUT2D eigenvalue weighted by Gasteiger charge is 2.74. The average molecular weight is 745 g/mol. The summed E-state index contributed by atoms with van der Waals surface area (Å²) >= 11 is 0. The molecule has 0 radical (unpaired) electrons. The van der Waals surface area contributed by atoms with Crippen molar-refractivity contribution in [1.29, 1.82) is 0 Å². The molecule has 280 valence electrons. The molecule has 0 amide bonds. The van der Waals surface area contributed by atoms with Gasteiger partial charge < -0.3 is 35.4 Å². The van der Waals surface area contributed by atoms with Crippen LogP contribution in [0.25, 0.3) is 0 Å². The Morgan fingerprint density at radius 1 is 0.375 bits per heavy atom. The van der Waals surface area contributed by atoms with Crippen LogP contribution in [0.1, 0.15) is 158 Å². The molecular weight excluding hydrogens is 673 g/mol. The summed E-state index contributed by atoms with van der Waals surface area (Å²) in [6.45, 7) is 20.1. The summed E-state index contributed by atoms with van der Waals surface area (Å²) in [5.74, 6) is 0. The average Bonchev–Trinajstić information content (AvgIpc) is 3.90. The van der Waals surface area contributed by atoms with Crippen molar-refractivity contribution in [3.63, 3.8) is 0 Å². The van der Waals surface area contributed by atoms with Crippen LogP contribution in [0.2, 0.25) is 22.2 Å². The van der Waals surface area contributed by atoms with Crippen LogP contribution in [0.15, 0.2) is 0 Å². The Bertz CT molecular complexity index is 808. The van der Waals surface area contributed by atoms with E-state index in [0.717, 1.165) is 51.4 Å². The third-order valence-corrected chi connectivity index (χ3v) is 35.2. The number of ether oxygens (including phenoxy) is 4. The molecule has 5 rings (SSSR count). The zero-order valence-electron chi connectivity index (χ0n) is 32.0. The van der Waals surface area contributed by atoms with E-state index in [1.807, 2.05) is 0 Å². The second kappa shape index (κ2) is 17.6. The van der Waals surface area contributed by atoms with Crippen LogP contribution in [0.5, 0.6) is 0 Å². The lowest BCUT2D eigenvalue weighted by molar-refractivity contribution is 0.0249. The summed E-state index contributed by atoms with van der Waals surface area (Å²) in [6, 6.07) is 0. The summed E-state index contributed by atoms with van der Waals surface area (Å²) in [5.41, 5.74) is 0.750. The summed E-state index contributed by atoms with van der Waals surface area (Å²) in [7, 11) is -12.9. The first-order valence-corrected chi connectivity index (χ1v) is 28.3. The minimum absolute atomic E-state index is 0.146. The van der Waals surface area contributed by atoms with Crippen molar-refractivity contribution in [3.8, 4) is 0 Å². The van der Waals surface area contributed by atoms with Gasteiger partial charge >= 0.3 is 34.2 Å². The van der Waals surface area contributed by atoms with Crippen molar-refractivity contribution >= 4 is 34.2 Å². The Labute approximate surface area is 298 Å². The minimum atomic E-state index is -3.23. The quantitative estimate of drug-likeness (QED) is 0.145. The lowest BCUT2D eigenvalue weighted by Crippen LogP contribution is -2.81. The van der Waals surface area contributed by atoms with Crippen LogP contribution >= 0.6 is 0 Å². The Morgan fingerprint density at radius 2 is 0.542 bits per heavy atom. The van der Waals surface area contributed by atoms with Gasteiger partial charge in [0.15, 0.2) is 0 Å². The Hall–Kier alpha value is 0.548. The van der Waals surface area contributed by atoms with Crippen molar-refractivity contribution in [2.45, 2.75) is 203 Å². The van der Waals surface area contributed by atoms with E-state index in [1.165, 1.54) is 51.4 Å². The highest BCUT2D eigenvalue weighted by molar-refractivity contribution is 6.97. The second-order valence-corrected chi connectivity index (χ2v) is 31.2. The topological polar surface area (TPSA) is 73.8 Å². The molecule has 4 saturated carbocycles. The maximum absolute atomic E-state index is 8.41. The monoisotopic (exact) mass is 744 g/mol. The van der Waals surface area contributed by atoms with Gasteiger partial charge in [0.05, 0.1) is 22.9 Å². The maximum atomic E-state index is 8.41. The normalized spacial score (nSPS) is 37.5. The Balaban J connectivity index is 1.84. The molecular formula is C36H72O8Si4. The molecule has 5 aliphatic rings. The van der Waals surface area contributed by atoms with Crippen LogP contribution in [-0.4, -0.2) is 83.6 Å². The van der Waals surface area contributed by atoms with Gasteiger partial charge in [-0.05, 0) is 107 Å². The van der Waals surface area contributed by atoms with Crippen molar-refractivity contribution in [3.05, 3.63) is 0 Å². The number of rotatable bonds is 16. The van der Waals surface area contributed by atoms with Gasteiger partial charge in [-0.3, -0.25) is 0 Å². The van der Waals surface area contributed by atoms with E-state index in [-0.39, 0.29) is 22.9 Å². The fourth-order valence-corrected chi connectivity index (χ4v) is 40.4. The van der Waals surface area contributed by atoms with Crippen LogP contribution in [0.4, 0.5) is 0 Å². The number of hydrogen-bond acceptors (Lipinski definition) is 8. The summed E-state index contributed by atoms with van der Waals surface area (Å²) < 4.78 is 60.7. The van der Waals surface area contributed by atoms with Crippen LogP contribution in [-0.2, 0) is 35.4 Å². The smallest absolute Gasteiger partial charge is 0.353 e. The molecule has 1 heterocycles. The van der Waals surface area contributed by atoms with Crippen molar-refractivity contribution in [2.24, 2.45) is 0 Å².